The highest BCUT2D eigenvalue weighted by atomic mass is 31.1. The van der Waals surface area contributed by atoms with E-state index < -0.39 is 0 Å². The maximum absolute atomic E-state index is 4.68. The van der Waals surface area contributed by atoms with Crippen LogP contribution >= 0.6 is 8.43 Å². The lowest BCUT2D eigenvalue weighted by atomic mass is 10.8. The Morgan fingerprint density at radius 1 is 1.60 bits per heavy atom. The van der Waals surface area contributed by atoms with Crippen LogP contribution in [0.3, 0.4) is 0 Å². The average molecular weight is 86.0 g/mol. The van der Waals surface area contributed by atoms with Gasteiger partial charge in [-0.3, -0.25) is 0 Å². The number of rotatable bonds is 0. The van der Waals surface area contributed by atoms with E-state index in [1.54, 1.807) is 6.26 Å². The highest BCUT2D eigenvalue weighted by Gasteiger charge is 1.60. The fraction of sp³-hybridized carbons (Fsp3) is 0. The molecule has 1 aromatic heterocycles. The molecule has 1 rings (SSSR count). The fourth-order valence-electron chi connectivity index (χ4n) is 0.176. The van der Waals surface area contributed by atoms with Crippen molar-refractivity contribution >= 4 is 8.43 Å². The van der Waals surface area contributed by atoms with Crippen molar-refractivity contribution in [3.63, 3.8) is 0 Å². The summed E-state index contributed by atoms with van der Waals surface area (Å²) >= 11 is 0. The Morgan fingerprint density at radius 3 is 2.80 bits per heavy atom. The van der Waals surface area contributed by atoms with Gasteiger partial charge in [0.1, 0.15) is 8.43 Å². The first kappa shape index (κ1) is 2.92. The number of hydrogen-bond acceptors (Lipinski definition) is 1. The zero-order valence-electron chi connectivity index (χ0n) is 2.59. The van der Waals surface area contributed by atoms with Crippen LogP contribution in [0.2, 0.25) is 0 Å². The summed E-state index contributed by atoms with van der Waals surface area (Å²) in [4.78, 5) is 0. The Morgan fingerprint density at radius 2 is 2.60 bits per heavy atom. The second-order valence-electron chi connectivity index (χ2n) is 0.688. The Kier molecular flexibility index (Phi) is 0.718. The molecule has 0 radical (unpaired) electrons. The van der Waals surface area contributed by atoms with Gasteiger partial charge in [-0.15, -0.1) is 0 Å². The molecule has 1 aromatic rings. The van der Waals surface area contributed by atoms with Crippen molar-refractivity contribution in [3.8, 4) is 0 Å². The smallest absolute Gasteiger partial charge is 0.124 e. The second-order valence-corrected chi connectivity index (χ2v) is 1.41. The molecule has 0 aliphatic rings. The maximum atomic E-state index is 4.68. The SMILES string of the molecule is c1copc1. The molecule has 0 amide bonds. The molecule has 1 nitrogen and oxygen atoms in total. The first-order valence-corrected chi connectivity index (χ1v) is 2.22. The van der Waals surface area contributed by atoms with Crippen LogP contribution in [0.25, 0.3) is 0 Å². The molecule has 0 bridgehead atoms. The second kappa shape index (κ2) is 1.23. The molecule has 5 heavy (non-hydrogen) atoms. The molecule has 0 aliphatic heterocycles. The molecule has 0 unspecified atom stereocenters. The molecule has 2 heteroatoms. The molecule has 26 valence electrons. The molecular formula is C3H3OP. The van der Waals surface area contributed by atoms with Gasteiger partial charge in [-0.1, -0.05) is 0 Å². The monoisotopic (exact) mass is 86.0 g/mol. The van der Waals surface area contributed by atoms with Crippen LogP contribution in [-0.2, 0) is 0 Å². The standard InChI is InChI=1S/C3H3OP/c1-2-4-5-3-1/h1-3H. The van der Waals surface area contributed by atoms with Crippen LogP contribution in [0.5, 0.6) is 0 Å². The molecule has 0 atom stereocenters. The summed E-state index contributed by atoms with van der Waals surface area (Å²) in [6, 6.07) is 1.88. The van der Waals surface area contributed by atoms with E-state index in [9.17, 15) is 0 Å². The first-order valence-electron chi connectivity index (χ1n) is 1.34. The van der Waals surface area contributed by atoms with Crippen LogP contribution in [-0.4, -0.2) is 0 Å². The van der Waals surface area contributed by atoms with Crippen LogP contribution < -0.4 is 0 Å². The van der Waals surface area contributed by atoms with Crippen molar-refractivity contribution in [3.05, 3.63) is 18.1 Å². The van der Waals surface area contributed by atoms with Gasteiger partial charge in [0.15, 0.2) is 0 Å². The topological polar surface area (TPSA) is 13.1 Å². The summed E-state index contributed by atoms with van der Waals surface area (Å²) in [7, 11) is 0.955. The third kappa shape index (κ3) is 0.489. The molecule has 0 N–H and O–H groups in total. The largest absolute Gasteiger partial charge is 0.447 e. The highest BCUT2D eigenvalue weighted by Crippen LogP contribution is 1.99. The van der Waals surface area contributed by atoms with E-state index in [1.807, 2.05) is 11.9 Å². The zero-order chi connectivity index (χ0) is 3.54. The van der Waals surface area contributed by atoms with E-state index in [1.165, 1.54) is 0 Å². The molecule has 0 fully saturated rings. The zero-order valence-corrected chi connectivity index (χ0v) is 3.48. The van der Waals surface area contributed by atoms with E-state index in [-0.39, 0.29) is 0 Å². The van der Waals surface area contributed by atoms with Gasteiger partial charge in [-0.05, 0) is 6.07 Å². The Labute approximate surface area is 31.8 Å². The summed E-state index contributed by atoms with van der Waals surface area (Å²) in [6.45, 7) is 0. The minimum absolute atomic E-state index is 0.955. The Balaban J connectivity index is 3.13. The van der Waals surface area contributed by atoms with Crippen molar-refractivity contribution in [1.82, 2.24) is 0 Å². The summed E-state index contributed by atoms with van der Waals surface area (Å²) < 4.78 is 4.68. The first-order chi connectivity index (χ1) is 2.50. The van der Waals surface area contributed by atoms with E-state index in [2.05, 4.69) is 4.20 Å². The molecule has 0 aliphatic carbocycles. The lowest BCUT2D eigenvalue weighted by Gasteiger charge is -1.48. The summed E-state index contributed by atoms with van der Waals surface area (Å²) in [5.74, 6) is 1.93. The van der Waals surface area contributed by atoms with Gasteiger partial charge in [-0.25, -0.2) is 0 Å². The van der Waals surface area contributed by atoms with Gasteiger partial charge in [-0.2, -0.15) is 0 Å². The quantitative estimate of drug-likeness (QED) is 0.469. The summed E-state index contributed by atoms with van der Waals surface area (Å²) in [6.07, 6.45) is 1.67. The number of hydrogen-bond donors (Lipinski definition) is 0. The highest BCUT2D eigenvalue weighted by molar-refractivity contribution is 7.22. The molecule has 1 heterocycles. The molecular weight excluding hydrogens is 83.0 g/mol. The summed E-state index contributed by atoms with van der Waals surface area (Å²) in [5.41, 5.74) is 0. The third-order valence-corrected chi connectivity index (χ3v) is 0.884. The van der Waals surface area contributed by atoms with Crippen molar-refractivity contribution in [1.29, 1.82) is 0 Å². The lowest BCUT2D eigenvalue weighted by Crippen LogP contribution is -1.16. The maximum Gasteiger partial charge on any atom is 0.124 e. The normalized spacial score (nSPS) is 9.60. The minimum Gasteiger partial charge on any atom is -0.447 e. The molecule has 0 saturated carbocycles. The summed E-state index contributed by atoms with van der Waals surface area (Å²) in [5, 5.41) is 0. The lowest BCUT2D eigenvalue weighted by molar-refractivity contribution is 0.696. The van der Waals surface area contributed by atoms with Crippen molar-refractivity contribution in [2.75, 3.05) is 0 Å². The van der Waals surface area contributed by atoms with Gasteiger partial charge in [0.05, 0.1) is 6.26 Å². The van der Waals surface area contributed by atoms with Crippen LogP contribution in [0.1, 0.15) is 0 Å². The van der Waals surface area contributed by atoms with Crippen LogP contribution in [0.15, 0.2) is 22.3 Å². The van der Waals surface area contributed by atoms with Gasteiger partial charge >= 0.3 is 0 Å². The van der Waals surface area contributed by atoms with E-state index in [4.69, 9.17) is 0 Å². The van der Waals surface area contributed by atoms with Crippen LogP contribution in [0.4, 0.5) is 0 Å². The molecule has 0 aromatic carbocycles. The predicted octanol–water partition coefficient (Wildman–Crippen LogP) is 1.86. The average Bonchev–Trinajstić information content (AvgIpc) is 1.76. The van der Waals surface area contributed by atoms with Gasteiger partial charge in [0.2, 0.25) is 0 Å². The van der Waals surface area contributed by atoms with Crippen LogP contribution in [0, 0.1) is 0 Å². The minimum atomic E-state index is 0.955. The third-order valence-electron chi connectivity index (χ3n) is 0.347. The van der Waals surface area contributed by atoms with Crippen molar-refractivity contribution < 1.29 is 4.20 Å². The van der Waals surface area contributed by atoms with E-state index >= 15 is 0 Å². The van der Waals surface area contributed by atoms with Gasteiger partial charge < -0.3 is 4.20 Å². The fourth-order valence-corrected chi connectivity index (χ4v) is 0.527. The van der Waals surface area contributed by atoms with Crippen molar-refractivity contribution in [2.45, 2.75) is 0 Å². The molecule has 0 saturated heterocycles. The van der Waals surface area contributed by atoms with E-state index in [0.29, 0.717) is 0 Å². The van der Waals surface area contributed by atoms with E-state index in [0.717, 1.165) is 8.43 Å². The molecule has 0 spiro atoms. The Hall–Kier alpha value is -0.290. The Bertz CT molecular complexity index is 63.4. The van der Waals surface area contributed by atoms with Gasteiger partial charge in [0, 0.05) is 5.80 Å². The predicted molar refractivity (Wildman–Crippen MR) is 21.2 cm³/mol. The van der Waals surface area contributed by atoms with Gasteiger partial charge in [0.25, 0.3) is 0 Å². The van der Waals surface area contributed by atoms with Crippen molar-refractivity contribution in [2.24, 2.45) is 0 Å².